The van der Waals surface area contributed by atoms with Gasteiger partial charge in [-0.1, -0.05) is 17.7 Å². The van der Waals surface area contributed by atoms with E-state index in [9.17, 15) is 18.7 Å². The second-order valence-corrected chi connectivity index (χ2v) is 6.77. The van der Waals surface area contributed by atoms with Gasteiger partial charge in [-0.05, 0) is 30.0 Å². The molecule has 0 bridgehead atoms. The van der Waals surface area contributed by atoms with E-state index in [4.69, 9.17) is 11.6 Å². The first-order valence-corrected chi connectivity index (χ1v) is 8.91. The minimum absolute atomic E-state index is 0.0571. The lowest BCUT2D eigenvalue weighted by molar-refractivity contribution is 0.280. The molecule has 2 aromatic heterocycles. The lowest BCUT2D eigenvalue weighted by Gasteiger charge is -2.18. The zero-order chi connectivity index (χ0) is 18.7. The Hall–Kier alpha value is -2.29. The van der Waals surface area contributed by atoms with Crippen LogP contribution in [0.4, 0.5) is 14.5 Å². The predicted octanol–water partition coefficient (Wildman–Crippen LogP) is 3.76. The number of halogens is 3. The van der Waals surface area contributed by atoms with Crippen molar-refractivity contribution in [1.29, 1.82) is 0 Å². The molecule has 2 heterocycles. The van der Waals surface area contributed by atoms with Gasteiger partial charge in [0.1, 0.15) is 16.5 Å². The SMILES string of the molecule is O=c1c(Cl)c(NC(CCO)c2cccs2)cnn1-c1ccc(F)cc1F. The van der Waals surface area contributed by atoms with E-state index in [1.165, 1.54) is 17.5 Å². The van der Waals surface area contributed by atoms with Gasteiger partial charge >= 0.3 is 0 Å². The van der Waals surface area contributed by atoms with Crippen LogP contribution in [0.3, 0.4) is 0 Å². The van der Waals surface area contributed by atoms with Crippen LogP contribution >= 0.6 is 22.9 Å². The average molecular weight is 398 g/mol. The summed E-state index contributed by atoms with van der Waals surface area (Å²) >= 11 is 7.64. The molecular weight excluding hydrogens is 384 g/mol. The topological polar surface area (TPSA) is 67.2 Å². The van der Waals surface area contributed by atoms with Crippen molar-refractivity contribution in [2.24, 2.45) is 0 Å². The standard InChI is InChI=1S/C17H14ClF2N3O2S/c18-16-13(22-12(5-6-24)15-2-1-7-26-15)9-21-23(17(16)25)14-4-3-10(19)8-11(14)20/h1-4,7-9,12,22,24H,5-6H2. The van der Waals surface area contributed by atoms with Crippen LogP contribution in [0.5, 0.6) is 0 Å². The fraction of sp³-hybridized carbons (Fsp3) is 0.176. The summed E-state index contributed by atoms with van der Waals surface area (Å²) in [5.74, 6) is -1.68. The van der Waals surface area contributed by atoms with Gasteiger partial charge in [-0.25, -0.2) is 8.78 Å². The van der Waals surface area contributed by atoms with Crippen LogP contribution in [0, 0.1) is 11.6 Å². The first kappa shape index (κ1) is 18.5. The molecule has 0 fully saturated rings. The molecular formula is C17H14ClF2N3O2S. The largest absolute Gasteiger partial charge is 0.396 e. The maximum atomic E-state index is 13.9. The number of thiophene rings is 1. The van der Waals surface area contributed by atoms with Crippen molar-refractivity contribution in [2.45, 2.75) is 12.5 Å². The second-order valence-electron chi connectivity index (χ2n) is 5.41. The van der Waals surface area contributed by atoms with E-state index in [1.807, 2.05) is 17.5 Å². The number of aliphatic hydroxyl groups excluding tert-OH is 1. The zero-order valence-electron chi connectivity index (χ0n) is 13.3. The highest BCUT2D eigenvalue weighted by atomic mass is 35.5. The Labute approximate surface area is 156 Å². The fourth-order valence-corrected chi connectivity index (χ4v) is 3.45. The summed E-state index contributed by atoms with van der Waals surface area (Å²) < 4.78 is 27.7. The number of aliphatic hydroxyl groups is 1. The third kappa shape index (κ3) is 3.77. The van der Waals surface area contributed by atoms with E-state index >= 15 is 0 Å². The van der Waals surface area contributed by atoms with Crippen molar-refractivity contribution in [3.8, 4) is 5.69 Å². The predicted molar refractivity (Wildman–Crippen MR) is 97.1 cm³/mol. The summed E-state index contributed by atoms with van der Waals surface area (Å²) in [6.45, 7) is -0.0571. The Balaban J connectivity index is 1.96. The molecule has 1 atom stereocenters. The Morgan fingerprint density at radius 1 is 1.35 bits per heavy atom. The molecule has 9 heteroatoms. The number of nitrogens with one attached hydrogen (secondary N) is 1. The van der Waals surface area contributed by atoms with Gasteiger partial charge in [0.25, 0.3) is 5.56 Å². The smallest absolute Gasteiger partial charge is 0.292 e. The molecule has 5 nitrogen and oxygen atoms in total. The number of hydrogen-bond donors (Lipinski definition) is 2. The highest BCUT2D eigenvalue weighted by Crippen LogP contribution is 2.28. The lowest BCUT2D eigenvalue weighted by Crippen LogP contribution is -2.24. The van der Waals surface area contributed by atoms with Gasteiger partial charge in [-0.3, -0.25) is 4.79 Å². The quantitative estimate of drug-likeness (QED) is 0.664. The van der Waals surface area contributed by atoms with Gasteiger partial charge in [0, 0.05) is 17.6 Å². The molecule has 26 heavy (non-hydrogen) atoms. The first-order valence-electron chi connectivity index (χ1n) is 7.65. The first-order chi connectivity index (χ1) is 12.5. The molecule has 3 rings (SSSR count). The Kier molecular flexibility index (Phi) is 5.65. The molecule has 2 N–H and O–H groups in total. The van der Waals surface area contributed by atoms with E-state index < -0.39 is 17.2 Å². The van der Waals surface area contributed by atoms with E-state index in [0.29, 0.717) is 12.5 Å². The third-order valence-electron chi connectivity index (χ3n) is 3.69. The van der Waals surface area contributed by atoms with Gasteiger partial charge in [-0.2, -0.15) is 9.78 Å². The molecule has 3 aromatic rings. The van der Waals surface area contributed by atoms with Crippen molar-refractivity contribution >= 4 is 28.6 Å². The fourth-order valence-electron chi connectivity index (χ4n) is 2.45. The number of benzene rings is 1. The molecule has 0 radical (unpaired) electrons. The molecule has 1 unspecified atom stereocenters. The molecule has 0 aliphatic heterocycles. The summed E-state index contributed by atoms with van der Waals surface area (Å²) in [4.78, 5) is 13.4. The number of hydrogen-bond acceptors (Lipinski definition) is 5. The number of nitrogens with zero attached hydrogens (tertiary/aromatic N) is 2. The summed E-state index contributed by atoms with van der Waals surface area (Å²) in [6.07, 6.45) is 1.71. The number of rotatable bonds is 6. The Bertz CT molecular complexity index is 963. The van der Waals surface area contributed by atoms with Gasteiger partial charge in [-0.15, -0.1) is 11.3 Å². The van der Waals surface area contributed by atoms with Gasteiger partial charge in [0.05, 0.1) is 17.9 Å². The van der Waals surface area contributed by atoms with Crippen molar-refractivity contribution < 1.29 is 13.9 Å². The third-order valence-corrected chi connectivity index (χ3v) is 5.04. The van der Waals surface area contributed by atoms with Crippen LogP contribution < -0.4 is 10.9 Å². The van der Waals surface area contributed by atoms with Crippen molar-refractivity contribution in [2.75, 3.05) is 11.9 Å². The van der Waals surface area contributed by atoms with Crippen LogP contribution in [0.1, 0.15) is 17.3 Å². The van der Waals surface area contributed by atoms with Crippen molar-refractivity contribution in [3.05, 3.63) is 73.8 Å². The van der Waals surface area contributed by atoms with Crippen LogP contribution in [-0.4, -0.2) is 21.5 Å². The molecule has 0 aliphatic rings. The van der Waals surface area contributed by atoms with Crippen molar-refractivity contribution in [3.63, 3.8) is 0 Å². The van der Waals surface area contributed by atoms with Crippen LogP contribution in [-0.2, 0) is 0 Å². The van der Waals surface area contributed by atoms with E-state index in [0.717, 1.165) is 21.7 Å². The van der Waals surface area contributed by atoms with Crippen LogP contribution in [0.2, 0.25) is 5.02 Å². The van der Waals surface area contributed by atoms with Crippen LogP contribution in [0.25, 0.3) is 5.69 Å². The van der Waals surface area contributed by atoms with Crippen LogP contribution in [0.15, 0.2) is 46.7 Å². The average Bonchev–Trinajstić information content (AvgIpc) is 3.14. The van der Waals surface area contributed by atoms with Gasteiger partial charge < -0.3 is 10.4 Å². The summed E-state index contributed by atoms with van der Waals surface area (Å²) in [6, 6.07) is 6.33. The minimum atomic E-state index is -0.923. The molecule has 0 amide bonds. The van der Waals surface area contributed by atoms with E-state index in [1.54, 1.807) is 0 Å². The summed E-state index contributed by atoms with van der Waals surface area (Å²) in [5.41, 5.74) is -0.673. The Morgan fingerprint density at radius 3 is 2.81 bits per heavy atom. The molecule has 0 saturated carbocycles. The highest BCUT2D eigenvalue weighted by Gasteiger charge is 2.18. The number of aromatic nitrogens is 2. The van der Waals surface area contributed by atoms with Gasteiger partial charge in [0.15, 0.2) is 5.82 Å². The molecule has 1 aromatic carbocycles. The number of anilines is 1. The maximum absolute atomic E-state index is 13.9. The highest BCUT2D eigenvalue weighted by molar-refractivity contribution is 7.10. The van der Waals surface area contributed by atoms with Gasteiger partial charge in [0.2, 0.25) is 0 Å². The second kappa shape index (κ2) is 7.94. The normalized spacial score (nSPS) is 12.2. The Morgan fingerprint density at radius 2 is 2.15 bits per heavy atom. The summed E-state index contributed by atoms with van der Waals surface area (Å²) in [5, 5.41) is 18.0. The molecule has 0 aliphatic carbocycles. The summed E-state index contributed by atoms with van der Waals surface area (Å²) in [7, 11) is 0. The van der Waals surface area contributed by atoms with E-state index in [2.05, 4.69) is 10.4 Å². The van der Waals surface area contributed by atoms with E-state index in [-0.39, 0.29) is 29.0 Å². The minimum Gasteiger partial charge on any atom is -0.396 e. The molecule has 136 valence electrons. The van der Waals surface area contributed by atoms with Crippen molar-refractivity contribution in [1.82, 2.24) is 9.78 Å². The molecule has 0 spiro atoms. The monoisotopic (exact) mass is 397 g/mol. The lowest BCUT2D eigenvalue weighted by atomic mass is 10.1. The zero-order valence-corrected chi connectivity index (χ0v) is 14.9. The maximum Gasteiger partial charge on any atom is 0.292 e. The molecule has 0 saturated heterocycles.